The van der Waals surface area contributed by atoms with Crippen LogP contribution in [-0.4, -0.2) is 26.4 Å². The zero-order chi connectivity index (χ0) is 16.8. The third-order valence-electron chi connectivity index (χ3n) is 3.02. The number of hydrogen-bond acceptors (Lipinski definition) is 4. The maximum absolute atomic E-state index is 5.32. The van der Waals surface area contributed by atoms with Crippen molar-refractivity contribution in [3.8, 4) is 17.2 Å². The van der Waals surface area contributed by atoms with E-state index in [4.69, 9.17) is 26.4 Å². The summed E-state index contributed by atoms with van der Waals surface area (Å²) in [5, 5.41) is 6.67. The molecule has 7 heteroatoms. The van der Waals surface area contributed by atoms with Gasteiger partial charge in [-0.1, -0.05) is 15.9 Å². The lowest BCUT2D eigenvalue weighted by molar-refractivity contribution is 0.324. The number of methoxy groups -OCH3 is 3. The first-order valence-corrected chi connectivity index (χ1v) is 7.91. The molecule has 0 saturated carbocycles. The van der Waals surface area contributed by atoms with Gasteiger partial charge in [-0.3, -0.25) is 0 Å². The predicted molar refractivity (Wildman–Crippen MR) is 100 cm³/mol. The van der Waals surface area contributed by atoms with Crippen molar-refractivity contribution in [3.05, 3.63) is 40.9 Å². The Hall–Kier alpha value is -1.99. The molecule has 0 aliphatic rings. The molecule has 0 radical (unpaired) electrons. The molecule has 0 atom stereocenters. The first-order valence-electron chi connectivity index (χ1n) is 6.71. The summed E-state index contributed by atoms with van der Waals surface area (Å²) in [5.41, 5.74) is 1.62. The van der Waals surface area contributed by atoms with Crippen LogP contribution >= 0.6 is 28.1 Å². The molecular formula is C16H17BrN2O3S. The monoisotopic (exact) mass is 396 g/mol. The van der Waals surface area contributed by atoms with Crippen molar-refractivity contribution in [2.75, 3.05) is 32.0 Å². The first kappa shape index (κ1) is 17.4. The maximum Gasteiger partial charge on any atom is 0.203 e. The average Bonchev–Trinajstić information content (AvgIpc) is 2.55. The molecule has 2 N–H and O–H groups in total. The molecule has 0 bridgehead atoms. The number of thiocarbonyl (C=S) groups is 1. The van der Waals surface area contributed by atoms with Crippen LogP contribution in [0, 0.1) is 0 Å². The van der Waals surface area contributed by atoms with Crippen LogP contribution in [0.2, 0.25) is 0 Å². The van der Waals surface area contributed by atoms with Crippen molar-refractivity contribution in [3.63, 3.8) is 0 Å². The van der Waals surface area contributed by atoms with Gasteiger partial charge in [0.25, 0.3) is 0 Å². The highest BCUT2D eigenvalue weighted by Gasteiger charge is 2.13. The zero-order valence-electron chi connectivity index (χ0n) is 13.0. The number of nitrogens with one attached hydrogen (secondary N) is 2. The Morgan fingerprint density at radius 1 is 0.870 bits per heavy atom. The second kappa shape index (κ2) is 8.03. The van der Waals surface area contributed by atoms with Gasteiger partial charge in [-0.15, -0.1) is 0 Å². The van der Waals surface area contributed by atoms with Gasteiger partial charge in [0.05, 0.1) is 21.3 Å². The Morgan fingerprint density at radius 3 is 1.87 bits per heavy atom. The smallest absolute Gasteiger partial charge is 0.203 e. The molecule has 23 heavy (non-hydrogen) atoms. The number of hydrogen-bond donors (Lipinski definition) is 2. The minimum atomic E-state index is 0.460. The van der Waals surface area contributed by atoms with E-state index in [1.165, 1.54) is 0 Å². The van der Waals surface area contributed by atoms with E-state index < -0.39 is 0 Å². The van der Waals surface area contributed by atoms with E-state index in [1.807, 2.05) is 24.3 Å². The summed E-state index contributed by atoms with van der Waals surface area (Å²) < 4.78 is 16.9. The summed E-state index contributed by atoms with van der Waals surface area (Å²) in [6.07, 6.45) is 0. The van der Waals surface area contributed by atoms with Crippen molar-refractivity contribution in [1.29, 1.82) is 0 Å². The Balaban J connectivity index is 2.15. The standard InChI is InChI=1S/C16H17BrN2O3S/c1-20-13-8-12(9-14(21-2)15(13)22-3)19-16(23)18-11-6-4-10(17)5-7-11/h4-9H,1-3H3,(H2,18,19,23). The molecular weight excluding hydrogens is 380 g/mol. The molecule has 5 nitrogen and oxygen atoms in total. The van der Waals surface area contributed by atoms with Crippen LogP contribution in [0.5, 0.6) is 17.2 Å². The maximum atomic E-state index is 5.32. The minimum Gasteiger partial charge on any atom is -0.493 e. The van der Waals surface area contributed by atoms with Gasteiger partial charge in [-0.05, 0) is 36.5 Å². The van der Waals surface area contributed by atoms with Crippen molar-refractivity contribution in [2.45, 2.75) is 0 Å². The SMILES string of the molecule is COc1cc(NC(=S)Nc2ccc(Br)cc2)cc(OC)c1OC. The van der Waals surface area contributed by atoms with E-state index in [9.17, 15) is 0 Å². The fourth-order valence-corrected chi connectivity index (χ4v) is 2.48. The molecule has 0 amide bonds. The summed E-state index contributed by atoms with van der Waals surface area (Å²) >= 11 is 8.72. The van der Waals surface area contributed by atoms with Crippen LogP contribution in [0.1, 0.15) is 0 Å². The Kier molecular flexibility index (Phi) is 6.06. The van der Waals surface area contributed by atoms with Crippen LogP contribution in [0.25, 0.3) is 0 Å². The van der Waals surface area contributed by atoms with E-state index in [2.05, 4.69) is 26.6 Å². The summed E-state index contributed by atoms with van der Waals surface area (Å²) in [5.74, 6) is 1.65. The van der Waals surface area contributed by atoms with Crippen molar-refractivity contribution in [1.82, 2.24) is 0 Å². The molecule has 2 rings (SSSR count). The lowest BCUT2D eigenvalue weighted by Crippen LogP contribution is -2.19. The quantitative estimate of drug-likeness (QED) is 0.735. The van der Waals surface area contributed by atoms with Gasteiger partial charge in [-0.25, -0.2) is 0 Å². The highest BCUT2D eigenvalue weighted by molar-refractivity contribution is 9.10. The molecule has 0 aromatic heterocycles. The molecule has 0 aliphatic heterocycles. The summed E-state index contributed by atoms with van der Waals surface area (Å²) in [7, 11) is 4.70. The van der Waals surface area contributed by atoms with E-state index in [-0.39, 0.29) is 0 Å². The van der Waals surface area contributed by atoms with Crippen molar-refractivity contribution < 1.29 is 14.2 Å². The van der Waals surface area contributed by atoms with Crippen LogP contribution < -0.4 is 24.8 Å². The van der Waals surface area contributed by atoms with Gasteiger partial charge >= 0.3 is 0 Å². The molecule has 0 heterocycles. The fraction of sp³-hybridized carbons (Fsp3) is 0.188. The van der Waals surface area contributed by atoms with Crippen LogP contribution in [0.15, 0.2) is 40.9 Å². The van der Waals surface area contributed by atoms with Gasteiger partial charge in [0.15, 0.2) is 16.6 Å². The van der Waals surface area contributed by atoms with Crippen LogP contribution in [-0.2, 0) is 0 Å². The van der Waals surface area contributed by atoms with Crippen molar-refractivity contribution in [2.24, 2.45) is 0 Å². The number of ether oxygens (including phenoxy) is 3. The summed E-state index contributed by atoms with van der Waals surface area (Å²) in [4.78, 5) is 0. The lowest BCUT2D eigenvalue weighted by Gasteiger charge is -2.16. The number of rotatable bonds is 5. The molecule has 0 saturated heterocycles. The topological polar surface area (TPSA) is 51.8 Å². The summed E-state index contributed by atoms with van der Waals surface area (Å²) in [6.45, 7) is 0. The third-order valence-corrected chi connectivity index (χ3v) is 3.76. The highest BCUT2D eigenvalue weighted by atomic mass is 79.9. The largest absolute Gasteiger partial charge is 0.493 e. The second-order valence-corrected chi connectivity index (χ2v) is 5.82. The zero-order valence-corrected chi connectivity index (χ0v) is 15.4. The molecule has 0 unspecified atom stereocenters. The van der Waals surface area contributed by atoms with Crippen LogP contribution in [0.4, 0.5) is 11.4 Å². The number of anilines is 2. The molecule has 0 spiro atoms. The summed E-state index contributed by atoms with van der Waals surface area (Å²) in [6, 6.07) is 11.3. The van der Waals surface area contributed by atoms with Gasteiger partial charge < -0.3 is 24.8 Å². The minimum absolute atomic E-state index is 0.460. The Labute approximate surface area is 149 Å². The Bertz CT molecular complexity index is 667. The van der Waals surface area contributed by atoms with Gasteiger partial charge in [0, 0.05) is 28.0 Å². The molecule has 0 fully saturated rings. The second-order valence-electron chi connectivity index (χ2n) is 4.50. The molecule has 122 valence electrons. The van der Waals surface area contributed by atoms with E-state index in [1.54, 1.807) is 33.5 Å². The van der Waals surface area contributed by atoms with Gasteiger partial charge in [0.1, 0.15) is 0 Å². The normalized spacial score (nSPS) is 9.91. The lowest BCUT2D eigenvalue weighted by atomic mass is 10.2. The number of halogens is 1. The highest BCUT2D eigenvalue weighted by Crippen LogP contribution is 2.39. The van der Waals surface area contributed by atoms with Crippen LogP contribution in [0.3, 0.4) is 0 Å². The molecule has 2 aromatic carbocycles. The van der Waals surface area contributed by atoms with E-state index in [0.29, 0.717) is 22.4 Å². The van der Waals surface area contributed by atoms with Gasteiger partial charge in [-0.2, -0.15) is 0 Å². The van der Waals surface area contributed by atoms with Gasteiger partial charge in [0.2, 0.25) is 5.75 Å². The average molecular weight is 397 g/mol. The number of benzene rings is 2. The van der Waals surface area contributed by atoms with Crippen molar-refractivity contribution >= 4 is 44.6 Å². The third kappa shape index (κ3) is 4.49. The first-order chi connectivity index (χ1) is 11.1. The van der Waals surface area contributed by atoms with E-state index >= 15 is 0 Å². The molecule has 2 aromatic rings. The predicted octanol–water partition coefficient (Wildman–Crippen LogP) is 4.28. The Morgan fingerprint density at radius 2 is 1.39 bits per heavy atom. The fourth-order valence-electron chi connectivity index (χ4n) is 1.98. The van der Waals surface area contributed by atoms with E-state index in [0.717, 1.165) is 15.8 Å². The molecule has 0 aliphatic carbocycles.